The molecule has 0 fully saturated rings. The van der Waals surface area contributed by atoms with Gasteiger partial charge in [-0.1, -0.05) is 64.1 Å². The molecule has 3 nitrogen and oxygen atoms in total. The summed E-state index contributed by atoms with van der Waals surface area (Å²) in [5, 5.41) is 19.9. The first-order chi connectivity index (χ1) is 10.8. The maximum absolute atomic E-state index is 12.2. The number of hydrogen-bond donors (Lipinski definition) is 0. The van der Waals surface area contributed by atoms with E-state index in [1.165, 1.54) is 0 Å². The van der Waals surface area contributed by atoms with Crippen molar-refractivity contribution >= 4 is 22.1 Å². The van der Waals surface area contributed by atoms with Crippen LogP contribution in [0.4, 0.5) is 0 Å². The fraction of sp³-hybridized carbons (Fsp3) is 0.211. The number of carbonyl (C=O) groups excluding carboxylic acids is 1. The molecule has 110 valence electrons. The van der Waals surface area contributed by atoms with Crippen LogP contribution in [0.3, 0.4) is 0 Å². The monoisotopic (exact) mass is 290 g/mol. The Morgan fingerprint density at radius 1 is 0.773 bits per heavy atom. The van der Waals surface area contributed by atoms with Gasteiger partial charge in [-0.15, -0.1) is 0 Å². The Hall–Kier alpha value is -2.91. The molecule has 0 radical (unpaired) electrons. The molecule has 1 aliphatic rings. The SMILES string of the molecule is CC.CC.N#CC1=C(C#N)c2cccc3cccc(c23)C1=O. The van der Waals surface area contributed by atoms with Crippen LogP contribution in [0.25, 0.3) is 16.3 Å². The third kappa shape index (κ3) is 2.62. The van der Waals surface area contributed by atoms with E-state index in [9.17, 15) is 10.1 Å². The fourth-order valence-electron chi connectivity index (χ4n) is 2.34. The van der Waals surface area contributed by atoms with Gasteiger partial charge in [0.15, 0.2) is 0 Å². The molecule has 22 heavy (non-hydrogen) atoms. The van der Waals surface area contributed by atoms with Gasteiger partial charge in [0.1, 0.15) is 17.7 Å². The first-order valence-electron chi connectivity index (χ1n) is 7.39. The zero-order chi connectivity index (χ0) is 16.7. The molecule has 3 rings (SSSR count). The highest BCUT2D eigenvalue weighted by Gasteiger charge is 2.27. The van der Waals surface area contributed by atoms with E-state index in [0.29, 0.717) is 11.1 Å². The van der Waals surface area contributed by atoms with Crippen molar-refractivity contribution in [2.75, 3.05) is 0 Å². The molecule has 0 spiro atoms. The zero-order valence-electron chi connectivity index (χ0n) is 13.3. The van der Waals surface area contributed by atoms with Gasteiger partial charge in [-0.25, -0.2) is 0 Å². The van der Waals surface area contributed by atoms with Crippen LogP contribution in [-0.2, 0) is 0 Å². The largest absolute Gasteiger partial charge is 0.288 e. The van der Waals surface area contributed by atoms with E-state index in [4.69, 9.17) is 5.26 Å². The number of carbonyl (C=O) groups is 1. The number of hydrogen-bond acceptors (Lipinski definition) is 3. The van der Waals surface area contributed by atoms with Gasteiger partial charge in [-0.3, -0.25) is 4.79 Å². The van der Waals surface area contributed by atoms with Crippen molar-refractivity contribution in [1.82, 2.24) is 0 Å². The minimum absolute atomic E-state index is 0.0660. The van der Waals surface area contributed by atoms with Crippen LogP contribution in [-0.4, -0.2) is 5.78 Å². The molecule has 1 aliphatic carbocycles. The maximum Gasteiger partial charge on any atom is 0.205 e. The zero-order valence-corrected chi connectivity index (χ0v) is 13.3. The van der Waals surface area contributed by atoms with Crippen molar-refractivity contribution in [3.05, 3.63) is 53.1 Å². The molecule has 0 saturated carbocycles. The van der Waals surface area contributed by atoms with Crippen LogP contribution in [0.2, 0.25) is 0 Å². The second kappa shape index (κ2) is 7.76. The van der Waals surface area contributed by atoms with Gasteiger partial charge in [0.25, 0.3) is 0 Å². The van der Waals surface area contributed by atoms with E-state index < -0.39 is 0 Å². The van der Waals surface area contributed by atoms with Gasteiger partial charge in [0.05, 0.1) is 5.57 Å². The van der Waals surface area contributed by atoms with Crippen molar-refractivity contribution in [1.29, 1.82) is 10.5 Å². The van der Waals surface area contributed by atoms with Crippen LogP contribution >= 0.6 is 0 Å². The summed E-state index contributed by atoms with van der Waals surface area (Å²) in [6.45, 7) is 8.00. The molecular weight excluding hydrogens is 272 g/mol. The van der Waals surface area contributed by atoms with Gasteiger partial charge >= 0.3 is 0 Å². The van der Waals surface area contributed by atoms with Gasteiger partial charge in [0, 0.05) is 16.5 Å². The topological polar surface area (TPSA) is 64.7 Å². The smallest absolute Gasteiger partial charge is 0.205 e. The van der Waals surface area contributed by atoms with E-state index in [0.717, 1.165) is 10.8 Å². The predicted molar refractivity (Wildman–Crippen MR) is 89.1 cm³/mol. The molecule has 2 aromatic carbocycles. The van der Waals surface area contributed by atoms with E-state index in [1.807, 2.05) is 58.0 Å². The lowest BCUT2D eigenvalue weighted by atomic mass is 9.84. The third-order valence-electron chi connectivity index (χ3n) is 3.12. The van der Waals surface area contributed by atoms with Crippen molar-refractivity contribution < 1.29 is 4.79 Å². The van der Waals surface area contributed by atoms with Gasteiger partial charge in [-0.2, -0.15) is 10.5 Å². The lowest BCUT2D eigenvalue weighted by Crippen LogP contribution is -2.11. The molecular formula is C19H18N2O. The van der Waals surface area contributed by atoms with Crippen molar-refractivity contribution in [3.8, 4) is 12.1 Å². The standard InChI is InChI=1S/C15H6N2O.2C2H6/c16-7-12-10-5-1-3-9-4-2-6-11(14(9)10)15(18)13(12)8-17;2*1-2/h1-6H;2*1-2H3. The molecule has 0 amide bonds. The Morgan fingerprint density at radius 3 is 1.77 bits per heavy atom. The Morgan fingerprint density at radius 2 is 1.27 bits per heavy atom. The number of nitriles is 2. The molecule has 2 aromatic rings. The quantitative estimate of drug-likeness (QED) is 0.693. The molecule has 0 aromatic heterocycles. The summed E-state index contributed by atoms with van der Waals surface area (Å²) in [5.41, 5.74) is 1.27. The van der Waals surface area contributed by atoms with Gasteiger partial charge < -0.3 is 0 Å². The average Bonchev–Trinajstić information content (AvgIpc) is 2.61. The highest BCUT2D eigenvalue weighted by atomic mass is 16.1. The average molecular weight is 290 g/mol. The Kier molecular flexibility index (Phi) is 6.05. The van der Waals surface area contributed by atoms with Crippen molar-refractivity contribution in [2.45, 2.75) is 27.7 Å². The summed E-state index contributed by atoms with van der Waals surface area (Å²) in [6.07, 6.45) is 0. The minimum atomic E-state index is -0.363. The Labute approximate surface area is 131 Å². The highest BCUT2D eigenvalue weighted by molar-refractivity contribution is 6.27. The first kappa shape index (κ1) is 17.1. The Balaban J connectivity index is 0.000000561. The van der Waals surface area contributed by atoms with Crippen molar-refractivity contribution in [2.24, 2.45) is 0 Å². The minimum Gasteiger partial charge on any atom is -0.288 e. The van der Waals surface area contributed by atoms with Crippen LogP contribution in [0, 0.1) is 22.7 Å². The highest BCUT2D eigenvalue weighted by Crippen LogP contribution is 2.35. The predicted octanol–water partition coefficient (Wildman–Crippen LogP) is 4.89. The van der Waals surface area contributed by atoms with Gasteiger partial charge in [0.2, 0.25) is 5.78 Å². The summed E-state index contributed by atoms with van der Waals surface area (Å²) in [7, 11) is 0. The number of Topliss-reactive ketones (excluding diaryl/α,β-unsaturated/α-hetero) is 1. The number of benzene rings is 2. The lowest BCUT2D eigenvalue weighted by Gasteiger charge is -2.15. The van der Waals surface area contributed by atoms with Crippen LogP contribution in [0.1, 0.15) is 43.6 Å². The fourth-order valence-corrected chi connectivity index (χ4v) is 2.34. The number of rotatable bonds is 0. The van der Waals surface area contributed by atoms with E-state index in [2.05, 4.69) is 0 Å². The van der Waals surface area contributed by atoms with Crippen LogP contribution in [0.5, 0.6) is 0 Å². The summed E-state index contributed by atoms with van der Waals surface area (Å²) < 4.78 is 0. The molecule has 0 bridgehead atoms. The maximum atomic E-state index is 12.2. The van der Waals surface area contributed by atoms with Crippen molar-refractivity contribution in [3.63, 3.8) is 0 Å². The first-order valence-corrected chi connectivity index (χ1v) is 7.39. The summed E-state index contributed by atoms with van der Waals surface area (Å²) in [6, 6.07) is 14.7. The molecule has 0 unspecified atom stereocenters. The molecule has 3 heteroatoms. The molecule has 0 heterocycles. The summed E-state index contributed by atoms with van der Waals surface area (Å²) in [4.78, 5) is 12.2. The molecule has 0 aliphatic heterocycles. The van der Waals surface area contributed by atoms with Crippen LogP contribution < -0.4 is 0 Å². The lowest BCUT2D eigenvalue weighted by molar-refractivity contribution is 0.104. The summed E-state index contributed by atoms with van der Waals surface area (Å²) >= 11 is 0. The Bertz CT molecular complexity index is 812. The number of allylic oxidation sites excluding steroid dienone is 2. The number of nitrogens with zero attached hydrogens (tertiary/aromatic N) is 2. The second-order valence-electron chi connectivity index (χ2n) is 4.01. The van der Waals surface area contributed by atoms with E-state index in [1.54, 1.807) is 18.2 Å². The van der Waals surface area contributed by atoms with E-state index in [-0.39, 0.29) is 16.9 Å². The number of ketones is 1. The molecule has 0 N–H and O–H groups in total. The third-order valence-corrected chi connectivity index (χ3v) is 3.12. The second-order valence-corrected chi connectivity index (χ2v) is 4.01. The molecule has 0 saturated heterocycles. The summed E-state index contributed by atoms with van der Waals surface area (Å²) in [5.74, 6) is -0.363. The van der Waals surface area contributed by atoms with E-state index >= 15 is 0 Å². The molecule has 0 atom stereocenters. The van der Waals surface area contributed by atoms with Crippen LogP contribution in [0.15, 0.2) is 42.0 Å². The normalized spacial score (nSPS) is 11.5. The van der Waals surface area contributed by atoms with Gasteiger partial charge in [-0.05, 0) is 5.39 Å².